The lowest BCUT2D eigenvalue weighted by Gasteiger charge is -2.23. The quantitative estimate of drug-likeness (QED) is 0.300. The van der Waals surface area contributed by atoms with E-state index in [1.165, 1.54) is 22.7 Å². The highest BCUT2D eigenvalue weighted by molar-refractivity contribution is 7.10. The van der Waals surface area contributed by atoms with Crippen LogP contribution in [0.2, 0.25) is 5.02 Å². The number of nitrogens with zero attached hydrogens (tertiary/aromatic N) is 2. The van der Waals surface area contributed by atoms with Crippen molar-refractivity contribution >= 4 is 46.3 Å². The first-order valence-electron chi connectivity index (χ1n) is 11.7. The molecule has 2 aromatic heterocycles. The predicted octanol–water partition coefficient (Wildman–Crippen LogP) is 5.09. The lowest BCUT2D eigenvalue weighted by atomic mass is 10.0. The first-order valence-corrected chi connectivity index (χ1v) is 13.7. The summed E-state index contributed by atoms with van der Waals surface area (Å²) >= 11 is 9.00. The van der Waals surface area contributed by atoms with Crippen molar-refractivity contribution in [2.24, 2.45) is 4.99 Å². The third kappa shape index (κ3) is 5.18. The number of thiazole rings is 1. The number of benzene rings is 2. The zero-order chi connectivity index (χ0) is 25.9. The highest BCUT2D eigenvalue weighted by Crippen LogP contribution is 2.33. The third-order valence-corrected chi connectivity index (χ3v) is 8.14. The van der Waals surface area contributed by atoms with E-state index in [0.29, 0.717) is 38.0 Å². The number of allylic oxidation sites excluding steroid dienone is 1. The van der Waals surface area contributed by atoms with Crippen molar-refractivity contribution < 1.29 is 14.3 Å². The smallest absolute Gasteiger partial charge is 0.338 e. The van der Waals surface area contributed by atoms with E-state index in [2.05, 4.69) is 4.99 Å². The molecule has 1 atom stereocenters. The third-order valence-electron chi connectivity index (χ3n) is 5.86. The van der Waals surface area contributed by atoms with Crippen LogP contribution in [0.4, 0.5) is 0 Å². The zero-order valence-electron chi connectivity index (χ0n) is 20.1. The SMILES string of the molecule is CCOC(=O)C1=C(C)N=c2s/c(=C\c3ccc(OCc4ccccc4Cl)cc3)c(=O)n2C1c1cccs1. The van der Waals surface area contributed by atoms with Crippen LogP contribution in [0.25, 0.3) is 6.08 Å². The molecule has 0 spiro atoms. The molecule has 1 unspecified atom stereocenters. The van der Waals surface area contributed by atoms with Crippen LogP contribution in [0.15, 0.2) is 87.1 Å². The molecule has 0 amide bonds. The van der Waals surface area contributed by atoms with E-state index < -0.39 is 12.0 Å². The van der Waals surface area contributed by atoms with Crippen LogP contribution in [0.1, 0.15) is 35.9 Å². The summed E-state index contributed by atoms with van der Waals surface area (Å²) in [6, 6.07) is 18.3. The van der Waals surface area contributed by atoms with Crippen LogP contribution in [-0.4, -0.2) is 17.1 Å². The van der Waals surface area contributed by atoms with Crippen LogP contribution in [0.5, 0.6) is 5.75 Å². The molecule has 4 aromatic rings. The molecule has 0 aliphatic carbocycles. The van der Waals surface area contributed by atoms with Crippen molar-refractivity contribution in [1.82, 2.24) is 4.57 Å². The van der Waals surface area contributed by atoms with Gasteiger partial charge in [0.1, 0.15) is 18.4 Å². The van der Waals surface area contributed by atoms with Gasteiger partial charge in [-0.2, -0.15) is 0 Å². The molecule has 0 saturated carbocycles. The van der Waals surface area contributed by atoms with Crippen molar-refractivity contribution in [3.8, 4) is 5.75 Å². The number of fused-ring (bicyclic) bond motifs is 1. The normalized spacial score (nSPS) is 15.3. The maximum Gasteiger partial charge on any atom is 0.338 e. The highest BCUT2D eigenvalue weighted by Gasteiger charge is 2.33. The Morgan fingerprint density at radius 3 is 2.62 bits per heavy atom. The number of hydrogen-bond donors (Lipinski definition) is 0. The molecule has 6 nitrogen and oxygen atoms in total. The minimum absolute atomic E-state index is 0.199. The van der Waals surface area contributed by atoms with Gasteiger partial charge in [0, 0.05) is 15.5 Å². The predicted molar refractivity (Wildman–Crippen MR) is 147 cm³/mol. The molecular formula is C28H23ClN2O4S2. The van der Waals surface area contributed by atoms with Crippen LogP contribution in [-0.2, 0) is 16.1 Å². The summed E-state index contributed by atoms with van der Waals surface area (Å²) in [5, 5.41) is 2.59. The van der Waals surface area contributed by atoms with Gasteiger partial charge in [0.05, 0.1) is 22.4 Å². The molecule has 0 bridgehead atoms. The van der Waals surface area contributed by atoms with Crippen molar-refractivity contribution in [3.05, 3.63) is 118 Å². The van der Waals surface area contributed by atoms with Gasteiger partial charge >= 0.3 is 5.97 Å². The number of hydrogen-bond acceptors (Lipinski definition) is 7. The van der Waals surface area contributed by atoms with Gasteiger partial charge in [-0.15, -0.1) is 11.3 Å². The average Bonchev–Trinajstić information content (AvgIpc) is 3.52. The van der Waals surface area contributed by atoms with E-state index in [0.717, 1.165) is 16.0 Å². The Bertz CT molecular complexity index is 1650. The standard InChI is InChI=1S/C28H23ClN2O4S2/c1-3-34-27(33)24-17(2)30-28-31(25(24)22-9-6-14-36-22)26(32)23(37-28)15-18-10-12-20(13-11-18)35-16-19-7-4-5-8-21(19)29/h4-15,25H,3,16H2,1-2H3/b23-15-. The number of aromatic nitrogens is 1. The fourth-order valence-corrected chi connectivity index (χ4v) is 6.16. The largest absolute Gasteiger partial charge is 0.489 e. The van der Waals surface area contributed by atoms with E-state index in [9.17, 15) is 9.59 Å². The monoisotopic (exact) mass is 550 g/mol. The number of thiophene rings is 1. The van der Waals surface area contributed by atoms with Crippen LogP contribution >= 0.6 is 34.3 Å². The first-order chi connectivity index (χ1) is 18.0. The molecule has 9 heteroatoms. The van der Waals surface area contributed by atoms with Gasteiger partial charge in [-0.25, -0.2) is 9.79 Å². The Kier molecular flexibility index (Phi) is 7.41. The second-order valence-corrected chi connectivity index (χ2v) is 10.7. The molecule has 2 aromatic carbocycles. The molecule has 0 N–H and O–H groups in total. The summed E-state index contributed by atoms with van der Waals surface area (Å²) < 4.78 is 13.3. The van der Waals surface area contributed by atoms with Gasteiger partial charge in [-0.1, -0.05) is 59.3 Å². The van der Waals surface area contributed by atoms with Crippen molar-refractivity contribution in [1.29, 1.82) is 0 Å². The number of esters is 1. The van der Waals surface area contributed by atoms with Gasteiger partial charge in [0.25, 0.3) is 5.56 Å². The Morgan fingerprint density at radius 1 is 1.14 bits per heavy atom. The fraction of sp³-hybridized carbons (Fsp3) is 0.179. The van der Waals surface area contributed by atoms with Crippen molar-refractivity contribution in [2.75, 3.05) is 6.61 Å². The molecule has 0 saturated heterocycles. The average molecular weight is 551 g/mol. The minimum atomic E-state index is -0.571. The molecule has 0 fully saturated rings. The van der Waals surface area contributed by atoms with E-state index in [1.54, 1.807) is 18.4 Å². The number of rotatable bonds is 7. The van der Waals surface area contributed by atoms with Gasteiger partial charge in [-0.3, -0.25) is 9.36 Å². The molecule has 1 aliphatic rings. The fourth-order valence-electron chi connectivity index (χ4n) is 4.10. The maximum atomic E-state index is 13.6. The van der Waals surface area contributed by atoms with Gasteiger partial charge in [-0.05, 0) is 55.1 Å². The minimum Gasteiger partial charge on any atom is -0.489 e. The van der Waals surface area contributed by atoms with E-state index in [4.69, 9.17) is 21.1 Å². The molecular weight excluding hydrogens is 528 g/mol. The Labute approximate surface area is 226 Å². The second-order valence-electron chi connectivity index (χ2n) is 8.27. The van der Waals surface area contributed by atoms with E-state index in [-0.39, 0.29) is 12.2 Å². The van der Waals surface area contributed by atoms with Crippen LogP contribution in [0.3, 0.4) is 0 Å². The molecule has 188 valence electrons. The van der Waals surface area contributed by atoms with Crippen molar-refractivity contribution in [2.45, 2.75) is 26.5 Å². The maximum absolute atomic E-state index is 13.6. The zero-order valence-corrected chi connectivity index (χ0v) is 22.5. The lowest BCUT2D eigenvalue weighted by molar-refractivity contribution is -0.139. The summed E-state index contributed by atoms with van der Waals surface area (Å²) in [4.78, 5) is 32.5. The molecule has 5 rings (SSSR count). The summed E-state index contributed by atoms with van der Waals surface area (Å²) in [6.07, 6.45) is 1.83. The molecule has 0 radical (unpaired) electrons. The lowest BCUT2D eigenvalue weighted by Crippen LogP contribution is -2.39. The van der Waals surface area contributed by atoms with Crippen LogP contribution < -0.4 is 19.6 Å². The summed E-state index contributed by atoms with van der Waals surface area (Å²) in [6.45, 7) is 4.15. The van der Waals surface area contributed by atoms with Gasteiger partial charge in [0.15, 0.2) is 4.80 Å². The molecule has 1 aliphatic heterocycles. The van der Waals surface area contributed by atoms with Gasteiger partial charge in [0.2, 0.25) is 0 Å². The topological polar surface area (TPSA) is 69.9 Å². The number of carbonyl (C=O) groups excluding carboxylic acids is 1. The Morgan fingerprint density at radius 2 is 1.92 bits per heavy atom. The first kappa shape index (κ1) is 25.2. The summed E-state index contributed by atoms with van der Waals surface area (Å²) in [5.74, 6) is 0.245. The number of halogens is 1. The van der Waals surface area contributed by atoms with Crippen LogP contribution in [0, 0.1) is 0 Å². The molecule has 3 heterocycles. The van der Waals surface area contributed by atoms with E-state index >= 15 is 0 Å². The summed E-state index contributed by atoms with van der Waals surface area (Å²) in [7, 11) is 0. The van der Waals surface area contributed by atoms with Gasteiger partial charge < -0.3 is 9.47 Å². The number of carbonyl (C=O) groups is 1. The van der Waals surface area contributed by atoms with E-state index in [1.807, 2.05) is 72.1 Å². The molecule has 37 heavy (non-hydrogen) atoms. The highest BCUT2D eigenvalue weighted by atomic mass is 35.5. The Hall–Kier alpha value is -3.46. The second kappa shape index (κ2) is 10.9. The summed E-state index contributed by atoms with van der Waals surface area (Å²) in [5.41, 5.74) is 2.51. The number of ether oxygens (including phenoxy) is 2. The Balaban J connectivity index is 1.47. The van der Waals surface area contributed by atoms with Crippen molar-refractivity contribution in [3.63, 3.8) is 0 Å².